The Morgan fingerprint density at radius 1 is 1.37 bits per heavy atom. The second-order valence-electron chi connectivity index (χ2n) is 4.42. The van der Waals surface area contributed by atoms with Crippen LogP contribution >= 0.6 is 11.6 Å². The van der Waals surface area contributed by atoms with Gasteiger partial charge in [-0.1, -0.05) is 13.8 Å². The molecular weight excluding hydrogens is 268 g/mol. The zero-order valence-electron chi connectivity index (χ0n) is 11.4. The highest BCUT2D eigenvalue weighted by Gasteiger charge is 2.06. The number of anilines is 1. The standard InChI is InChI=1S/C12H21ClN4O2/c1-3-7-19-12-16-10(13)15-11(17-12)14-6-4-5-9(2)8-18/h9,18H,3-8H2,1-2H3,(H,14,15,16,17). The van der Waals surface area contributed by atoms with E-state index in [1.807, 2.05) is 13.8 Å². The summed E-state index contributed by atoms with van der Waals surface area (Å²) in [6.07, 6.45) is 2.75. The van der Waals surface area contributed by atoms with Gasteiger partial charge in [-0.05, 0) is 36.8 Å². The van der Waals surface area contributed by atoms with Gasteiger partial charge in [-0.25, -0.2) is 0 Å². The molecule has 2 N–H and O–H groups in total. The first-order chi connectivity index (χ1) is 9.15. The average molecular weight is 289 g/mol. The number of aliphatic hydroxyl groups is 1. The van der Waals surface area contributed by atoms with Gasteiger partial charge in [0, 0.05) is 13.2 Å². The van der Waals surface area contributed by atoms with Crippen LogP contribution in [0.3, 0.4) is 0 Å². The number of rotatable bonds is 9. The number of hydrogen-bond donors (Lipinski definition) is 2. The van der Waals surface area contributed by atoms with E-state index in [0.29, 0.717) is 18.5 Å². The van der Waals surface area contributed by atoms with Crippen molar-refractivity contribution in [1.82, 2.24) is 15.0 Å². The molecule has 19 heavy (non-hydrogen) atoms. The molecule has 1 aromatic heterocycles. The summed E-state index contributed by atoms with van der Waals surface area (Å²) in [5, 5.41) is 12.1. The van der Waals surface area contributed by atoms with E-state index < -0.39 is 0 Å². The second kappa shape index (κ2) is 8.87. The van der Waals surface area contributed by atoms with E-state index in [4.69, 9.17) is 21.4 Å². The topological polar surface area (TPSA) is 80.2 Å². The first-order valence-corrected chi connectivity index (χ1v) is 6.92. The molecule has 1 heterocycles. The maximum Gasteiger partial charge on any atom is 0.322 e. The van der Waals surface area contributed by atoms with Crippen LogP contribution in [0.4, 0.5) is 5.95 Å². The molecule has 0 fully saturated rings. The van der Waals surface area contributed by atoms with Gasteiger partial charge in [-0.15, -0.1) is 0 Å². The minimum Gasteiger partial charge on any atom is -0.463 e. The van der Waals surface area contributed by atoms with Crippen LogP contribution in [0.1, 0.15) is 33.1 Å². The highest BCUT2D eigenvalue weighted by Crippen LogP contribution is 2.12. The monoisotopic (exact) mass is 288 g/mol. The molecule has 1 rings (SSSR count). The van der Waals surface area contributed by atoms with Crippen molar-refractivity contribution in [3.8, 4) is 6.01 Å². The van der Waals surface area contributed by atoms with Crippen molar-refractivity contribution < 1.29 is 9.84 Å². The van der Waals surface area contributed by atoms with Crippen LogP contribution in [-0.2, 0) is 0 Å². The molecule has 0 bridgehead atoms. The number of nitrogens with one attached hydrogen (secondary N) is 1. The Bertz CT molecular complexity index is 379. The molecule has 1 unspecified atom stereocenters. The van der Waals surface area contributed by atoms with Crippen LogP contribution < -0.4 is 10.1 Å². The van der Waals surface area contributed by atoms with Crippen molar-refractivity contribution in [3.63, 3.8) is 0 Å². The lowest BCUT2D eigenvalue weighted by Crippen LogP contribution is -2.10. The van der Waals surface area contributed by atoms with Gasteiger partial charge in [-0.2, -0.15) is 15.0 Å². The van der Waals surface area contributed by atoms with Gasteiger partial charge in [0.2, 0.25) is 11.2 Å². The van der Waals surface area contributed by atoms with Gasteiger partial charge in [0.15, 0.2) is 0 Å². The molecule has 0 aliphatic carbocycles. The highest BCUT2D eigenvalue weighted by atomic mass is 35.5. The number of aliphatic hydroxyl groups excluding tert-OH is 1. The maximum absolute atomic E-state index is 8.92. The van der Waals surface area contributed by atoms with Crippen LogP contribution in [0.2, 0.25) is 5.28 Å². The summed E-state index contributed by atoms with van der Waals surface area (Å²) in [7, 11) is 0. The molecule has 0 aliphatic heterocycles. The largest absolute Gasteiger partial charge is 0.463 e. The SMILES string of the molecule is CCCOc1nc(Cl)nc(NCCCC(C)CO)n1. The van der Waals surface area contributed by atoms with E-state index in [2.05, 4.69) is 20.3 Å². The van der Waals surface area contributed by atoms with Gasteiger partial charge in [0.1, 0.15) is 0 Å². The molecule has 6 nitrogen and oxygen atoms in total. The van der Waals surface area contributed by atoms with Crippen LogP contribution in [0, 0.1) is 5.92 Å². The fourth-order valence-corrected chi connectivity index (χ4v) is 1.56. The predicted octanol–water partition coefficient (Wildman–Crippen LogP) is 2.13. The zero-order valence-corrected chi connectivity index (χ0v) is 12.2. The van der Waals surface area contributed by atoms with Crippen molar-refractivity contribution in [1.29, 1.82) is 0 Å². The third-order valence-corrected chi connectivity index (χ3v) is 2.66. The summed E-state index contributed by atoms with van der Waals surface area (Å²) >= 11 is 5.80. The minimum absolute atomic E-state index is 0.118. The third kappa shape index (κ3) is 6.54. The number of ether oxygens (including phenoxy) is 1. The van der Waals surface area contributed by atoms with Crippen molar-refractivity contribution >= 4 is 17.5 Å². The van der Waals surface area contributed by atoms with Gasteiger partial charge in [0.25, 0.3) is 0 Å². The Morgan fingerprint density at radius 3 is 2.84 bits per heavy atom. The van der Waals surface area contributed by atoms with Crippen LogP contribution in [0.25, 0.3) is 0 Å². The molecule has 0 amide bonds. The molecule has 0 radical (unpaired) electrons. The van der Waals surface area contributed by atoms with E-state index in [1.54, 1.807) is 0 Å². The lowest BCUT2D eigenvalue weighted by molar-refractivity contribution is 0.229. The predicted molar refractivity (Wildman–Crippen MR) is 74.6 cm³/mol. The fraction of sp³-hybridized carbons (Fsp3) is 0.750. The zero-order chi connectivity index (χ0) is 14.1. The molecule has 1 aromatic rings. The summed E-state index contributed by atoms with van der Waals surface area (Å²) < 4.78 is 5.32. The molecule has 1 atom stereocenters. The lowest BCUT2D eigenvalue weighted by atomic mass is 10.1. The number of aromatic nitrogens is 3. The van der Waals surface area contributed by atoms with Crippen LogP contribution in [-0.4, -0.2) is 39.8 Å². The summed E-state index contributed by atoms with van der Waals surface area (Å²) in [6, 6.07) is 0.244. The van der Waals surface area contributed by atoms with Crippen molar-refractivity contribution in [2.45, 2.75) is 33.1 Å². The Morgan fingerprint density at radius 2 is 2.16 bits per heavy atom. The minimum atomic E-state index is 0.118. The normalized spacial score (nSPS) is 12.2. The molecule has 0 aliphatic rings. The van der Waals surface area contributed by atoms with Crippen molar-refractivity contribution in [2.75, 3.05) is 25.1 Å². The molecule has 108 valence electrons. The first-order valence-electron chi connectivity index (χ1n) is 6.54. The molecular formula is C12H21ClN4O2. The van der Waals surface area contributed by atoms with Crippen molar-refractivity contribution in [2.24, 2.45) is 5.92 Å². The maximum atomic E-state index is 8.92. The number of nitrogens with zero attached hydrogens (tertiary/aromatic N) is 3. The van der Waals surface area contributed by atoms with Gasteiger partial charge >= 0.3 is 6.01 Å². The molecule has 0 spiro atoms. The summed E-state index contributed by atoms with van der Waals surface area (Å²) in [5.74, 6) is 0.731. The average Bonchev–Trinajstić information content (AvgIpc) is 2.40. The smallest absolute Gasteiger partial charge is 0.322 e. The van der Waals surface area contributed by atoms with Gasteiger partial charge in [0.05, 0.1) is 6.61 Å². The van der Waals surface area contributed by atoms with Crippen LogP contribution in [0.15, 0.2) is 0 Å². The molecule has 0 saturated carbocycles. The Labute approximate surface area is 118 Å². The molecule has 0 aromatic carbocycles. The second-order valence-corrected chi connectivity index (χ2v) is 4.75. The Hall–Kier alpha value is -1.14. The third-order valence-electron chi connectivity index (χ3n) is 2.49. The highest BCUT2D eigenvalue weighted by molar-refractivity contribution is 6.28. The lowest BCUT2D eigenvalue weighted by Gasteiger charge is -2.09. The van der Waals surface area contributed by atoms with E-state index in [9.17, 15) is 0 Å². The summed E-state index contributed by atoms with van der Waals surface area (Å²) in [5.41, 5.74) is 0. The summed E-state index contributed by atoms with van der Waals surface area (Å²) in [6.45, 7) is 5.50. The van der Waals surface area contributed by atoms with Crippen molar-refractivity contribution in [3.05, 3.63) is 5.28 Å². The fourth-order valence-electron chi connectivity index (χ4n) is 1.41. The van der Waals surface area contributed by atoms with E-state index in [1.165, 1.54) is 0 Å². The van der Waals surface area contributed by atoms with Crippen LogP contribution in [0.5, 0.6) is 6.01 Å². The molecule has 0 saturated heterocycles. The Balaban J connectivity index is 2.42. The van der Waals surface area contributed by atoms with E-state index in [-0.39, 0.29) is 17.9 Å². The first kappa shape index (κ1) is 15.9. The number of hydrogen-bond acceptors (Lipinski definition) is 6. The van der Waals surface area contributed by atoms with Gasteiger partial charge < -0.3 is 15.2 Å². The van der Waals surface area contributed by atoms with E-state index in [0.717, 1.165) is 25.8 Å². The summed E-state index contributed by atoms with van der Waals surface area (Å²) in [4.78, 5) is 12.0. The van der Waals surface area contributed by atoms with E-state index >= 15 is 0 Å². The number of halogens is 1. The molecule has 7 heteroatoms. The quantitative estimate of drug-likeness (QED) is 0.678. The Kier molecular flexibility index (Phi) is 7.43. The van der Waals surface area contributed by atoms with Gasteiger partial charge in [-0.3, -0.25) is 0 Å².